The standard InChI is InChI=1S/C15H12N4O2/c20-19(21)11-5-6-12-13(9-11)17-15(16-12)18-8-7-10-3-1-2-4-14(10)18/h1-6,9H,7-8H2,(H,16,17). The molecule has 0 bridgehead atoms. The number of aromatic amines is 1. The van der Waals surface area contributed by atoms with Gasteiger partial charge in [0.15, 0.2) is 0 Å². The second-order valence-corrected chi connectivity index (χ2v) is 5.05. The van der Waals surface area contributed by atoms with Gasteiger partial charge in [0.1, 0.15) is 0 Å². The molecule has 2 aromatic carbocycles. The molecule has 0 radical (unpaired) electrons. The first-order valence-electron chi connectivity index (χ1n) is 6.72. The van der Waals surface area contributed by atoms with Gasteiger partial charge in [-0.2, -0.15) is 0 Å². The minimum Gasteiger partial charge on any atom is -0.323 e. The summed E-state index contributed by atoms with van der Waals surface area (Å²) in [4.78, 5) is 20.3. The van der Waals surface area contributed by atoms with Crippen molar-refractivity contribution in [3.05, 3.63) is 58.1 Å². The summed E-state index contributed by atoms with van der Waals surface area (Å²) in [7, 11) is 0. The maximum absolute atomic E-state index is 10.8. The minimum atomic E-state index is -0.398. The van der Waals surface area contributed by atoms with E-state index >= 15 is 0 Å². The normalized spacial score (nSPS) is 13.6. The molecule has 0 aliphatic carbocycles. The Morgan fingerprint density at radius 2 is 2.10 bits per heavy atom. The van der Waals surface area contributed by atoms with Gasteiger partial charge in [-0.1, -0.05) is 18.2 Å². The third kappa shape index (κ3) is 1.84. The van der Waals surface area contributed by atoms with Gasteiger partial charge in [0, 0.05) is 24.4 Å². The number of hydrogen-bond acceptors (Lipinski definition) is 4. The number of nitro benzene ring substituents is 1. The van der Waals surface area contributed by atoms with E-state index in [1.165, 1.54) is 17.7 Å². The molecule has 1 aliphatic heterocycles. The number of benzene rings is 2. The van der Waals surface area contributed by atoms with Gasteiger partial charge in [-0.3, -0.25) is 10.1 Å². The lowest BCUT2D eigenvalue weighted by Crippen LogP contribution is -2.14. The highest BCUT2D eigenvalue weighted by Crippen LogP contribution is 2.33. The molecule has 6 nitrogen and oxygen atoms in total. The van der Waals surface area contributed by atoms with Crippen molar-refractivity contribution in [3.63, 3.8) is 0 Å². The average molecular weight is 280 g/mol. The maximum atomic E-state index is 10.8. The predicted molar refractivity (Wildman–Crippen MR) is 79.9 cm³/mol. The third-order valence-corrected chi connectivity index (χ3v) is 3.81. The number of H-pyrrole nitrogens is 1. The molecule has 0 unspecified atom stereocenters. The highest BCUT2D eigenvalue weighted by molar-refractivity contribution is 5.81. The molecule has 0 saturated carbocycles. The molecule has 0 atom stereocenters. The molecule has 0 fully saturated rings. The van der Waals surface area contributed by atoms with Crippen molar-refractivity contribution >= 4 is 28.4 Å². The number of hydrogen-bond donors (Lipinski definition) is 1. The van der Waals surface area contributed by atoms with Gasteiger partial charge in [-0.05, 0) is 24.1 Å². The number of aromatic nitrogens is 2. The highest BCUT2D eigenvalue weighted by Gasteiger charge is 2.22. The summed E-state index contributed by atoms with van der Waals surface area (Å²) in [6.07, 6.45) is 0.980. The van der Waals surface area contributed by atoms with Crippen molar-refractivity contribution in [1.82, 2.24) is 9.97 Å². The fourth-order valence-corrected chi connectivity index (χ4v) is 2.78. The number of para-hydroxylation sites is 1. The molecular weight excluding hydrogens is 268 g/mol. The van der Waals surface area contributed by atoms with Crippen LogP contribution in [0.25, 0.3) is 11.0 Å². The zero-order chi connectivity index (χ0) is 14.4. The molecule has 2 heterocycles. The second kappa shape index (κ2) is 4.31. The first kappa shape index (κ1) is 11.9. The van der Waals surface area contributed by atoms with E-state index in [0.29, 0.717) is 5.52 Å². The lowest BCUT2D eigenvalue weighted by molar-refractivity contribution is -0.384. The Balaban J connectivity index is 1.80. The van der Waals surface area contributed by atoms with Crippen LogP contribution in [0.3, 0.4) is 0 Å². The van der Waals surface area contributed by atoms with E-state index in [0.717, 1.165) is 30.1 Å². The average Bonchev–Trinajstić information content (AvgIpc) is 3.09. The predicted octanol–water partition coefficient (Wildman–Crippen LogP) is 3.17. The van der Waals surface area contributed by atoms with Crippen LogP contribution in [-0.2, 0) is 6.42 Å². The van der Waals surface area contributed by atoms with Gasteiger partial charge in [0.25, 0.3) is 5.69 Å². The molecule has 0 amide bonds. The molecule has 6 heteroatoms. The molecule has 104 valence electrons. The van der Waals surface area contributed by atoms with Gasteiger partial charge in [-0.25, -0.2) is 4.98 Å². The zero-order valence-corrected chi connectivity index (χ0v) is 11.1. The van der Waals surface area contributed by atoms with E-state index < -0.39 is 4.92 Å². The molecule has 1 aromatic heterocycles. The van der Waals surface area contributed by atoms with Crippen LogP contribution < -0.4 is 4.90 Å². The Kier molecular flexibility index (Phi) is 2.44. The number of fused-ring (bicyclic) bond motifs is 2. The summed E-state index contributed by atoms with van der Waals surface area (Å²) in [5.74, 6) is 0.732. The van der Waals surface area contributed by atoms with E-state index in [9.17, 15) is 10.1 Å². The van der Waals surface area contributed by atoms with Crippen LogP contribution in [0.1, 0.15) is 5.56 Å². The summed E-state index contributed by atoms with van der Waals surface area (Å²) >= 11 is 0. The number of nitrogens with one attached hydrogen (secondary N) is 1. The maximum Gasteiger partial charge on any atom is 0.271 e. The molecule has 0 spiro atoms. The van der Waals surface area contributed by atoms with Crippen LogP contribution in [-0.4, -0.2) is 21.4 Å². The molecule has 3 aromatic rings. The minimum absolute atomic E-state index is 0.0690. The number of imidazole rings is 1. The van der Waals surface area contributed by atoms with Gasteiger partial charge in [0.05, 0.1) is 16.0 Å². The molecule has 1 aliphatic rings. The molecule has 4 rings (SSSR count). The summed E-state index contributed by atoms with van der Waals surface area (Å²) < 4.78 is 0. The van der Waals surface area contributed by atoms with E-state index in [2.05, 4.69) is 27.0 Å². The SMILES string of the molecule is O=[N+]([O-])c1ccc2nc(N3CCc4ccccc43)[nH]c2c1. The van der Waals surface area contributed by atoms with Crippen LogP contribution in [0.2, 0.25) is 0 Å². The lowest BCUT2D eigenvalue weighted by Gasteiger charge is -2.15. The quantitative estimate of drug-likeness (QED) is 0.578. The first-order chi connectivity index (χ1) is 10.2. The van der Waals surface area contributed by atoms with Crippen LogP contribution >= 0.6 is 0 Å². The smallest absolute Gasteiger partial charge is 0.271 e. The van der Waals surface area contributed by atoms with Crippen molar-refractivity contribution in [2.24, 2.45) is 0 Å². The van der Waals surface area contributed by atoms with Gasteiger partial charge in [-0.15, -0.1) is 0 Å². The Labute approximate surface area is 120 Å². The topological polar surface area (TPSA) is 75.1 Å². The van der Waals surface area contributed by atoms with Crippen molar-refractivity contribution in [3.8, 4) is 0 Å². The molecule has 1 N–H and O–H groups in total. The van der Waals surface area contributed by atoms with Gasteiger partial charge in [0.2, 0.25) is 5.95 Å². The first-order valence-corrected chi connectivity index (χ1v) is 6.72. The summed E-state index contributed by atoms with van der Waals surface area (Å²) in [5.41, 5.74) is 3.93. The van der Waals surface area contributed by atoms with E-state index in [1.54, 1.807) is 6.07 Å². The van der Waals surface area contributed by atoms with E-state index in [-0.39, 0.29) is 5.69 Å². The van der Waals surface area contributed by atoms with E-state index in [1.807, 2.05) is 12.1 Å². The van der Waals surface area contributed by atoms with Crippen molar-refractivity contribution in [1.29, 1.82) is 0 Å². The lowest BCUT2D eigenvalue weighted by atomic mass is 10.2. The molecular formula is C15H12N4O2. The fourth-order valence-electron chi connectivity index (χ4n) is 2.78. The number of non-ortho nitro benzene ring substituents is 1. The summed E-state index contributed by atoms with van der Waals surface area (Å²) in [5, 5.41) is 10.8. The van der Waals surface area contributed by atoms with Crippen molar-refractivity contribution in [2.75, 3.05) is 11.4 Å². The third-order valence-electron chi connectivity index (χ3n) is 3.81. The van der Waals surface area contributed by atoms with E-state index in [4.69, 9.17) is 0 Å². The Morgan fingerprint density at radius 3 is 2.95 bits per heavy atom. The number of anilines is 2. The fraction of sp³-hybridized carbons (Fsp3) is 0.133. The van der Waals surface area contributed by atoms with Crippen LogP contribution in [0, 0.1) is 10.1 Å². The summed E-state index contributed by atoms with van der Waals surface area (Å²) in [6.45, 7) is 0.862. The van der Waals surface area contributed by atoms with Crippen molar-refractivity contribution < 1.29 is 4.92 Å². The molecule has 0 saturated heterocycles. The Hall–Kier alpha value is -2.89. The Bertz CT molecular complexity index is 856. The van der Waals surface area contributed by atoms with Gasteiger partial charge < -0.3 is 9.88 Å². The number of nitro groups is 1. The Morgan fingerprint density at radius 1 is 1.24 bits per heavy atom. The largest absolute Gasteiger partial charge is 0.323 e. The highest BCUT2D eigenvalue weighted by atomic mass is 16.6. The van der Waals surface area contributed by atoms with Crippen molar-refractivity contribution in [2.45, 2.75) is 6.42 Å². The van der Waals surface area contributed by atoms with Gasteiger partial charge >= 0.3 is 0 Å². The second-order valence-electron chi connectivity index (χ2n) is 5.05. The van der Waals surface area contributed by atoms with Crippen LogP contribution in [0.5, 0.6) is 0 Å². The zero-order valence-electron chi connectivity index (χ0n) is 11.1. The number of rotatable bonds is 2. The molecule has 21 heavy (non-hydrogen) atoms. The number of nitrogens with zero attached hydrogens (tertiary/aromatic N) is 3. The van der Waals surface area contributed by atoms with Crippen LogP contribution in [0.15, 0.2) is 42.5 Å². The monoisotopic (exact) mass is 280 g/mol. The summed E-state index contributed by atoms with van der Waals surface area (Å²) in [6, 6.07) is 12.9. The van der Waals surface area contributed by atoms with Crippen LogP contribution in [0.4, 0.5) is 17.3 Å².